The van der Waals surface area contributed by atoms with Gasteiger partial charge < -0.3 is 25.0 Å². The molecule has 0 atom stereocenters. The van der Waals surface area contributed by atoms with Crippen LogP contribution in [0.1, 0.15) is 28.3 Å². The van der Waals surface area contributed by atoms with Crippen LogP contribution >= 0.6 is 34.5 Å². The number of urea groups is 1. The molecule has 3 amide bonds. The molecule has 0 saturated heterocycles. The van der Waals surface area contributed by atoms with Crippen molar-refractivity contribution in [3.05, 3.63) is 44.3 Å². The van der Waals surface area contributed by atoms with Gasteiger partial charge in [0.2, 0.25) is 0 Å². The average Bonchev–Trinajstić information content (AvgIpc) is 3.21. The number of nitrogens with zero attached hydrogens (tertiary/aromatic N) is 2. The number of halogens is 2. The third-order valence-corrected chi connectivity index (χ3v) is 5.54. The first-order valence-corrected chi connectivity index (χ1v) is 11.3. The Bertz CT molecular complexity index is 865. The van der Waals surface area contributed by atoms with Gasteiger partial charge in [-0.15, -0.1) is 11.3 Å². The normalized spacial score (nSPS) is 10.7. The maximum atomic E-state index is 12.9. The number of hydrogen-bond donors (Lipinski definition) is 2. The summed E-state index contributed by atoms with van der Waals surface area (Å²) in [6.45, 7) is 2.29. The van der Waals surface area contributed by atoms with Gasteiger partial charge in [0.1, 0.15) is 10.7 Å². The first kappa shape index (κ1) is 25.4. The van der Waals surface area contributed by atoms with Gasteiger partial charge in [0, 0.05) is 50.9 Å². The van der Waals surface area contributed by atoms with Gasteiger partial charge in [-0.2, -0.15) is 0 Å². The molecule has 0 spiro atoms. The van der Waals surface area contributed by atoms with E-state index in [1.165, 1.54) is 11.3 Å². The Morgan fingerprint density at radius 1 is 1.16 bits per heavy atom. The third kappa shape index (κ3) is 8.62. The summed E-state index contributed by atoms with van der Waals surface area (Å²) in [4.78, 5) is 31.0. The molecule has 2 rings (SSSR count). The Hall–Kier alpha value is -1.91. The lowest BCUT2D eigenvalue weighted by Gasteiger charge is -2.22. The zero-order valence-corrected chi connectivity index (χ0v) is 19.8. The van der Waals surface area contributed by atoms with Crippen LogP contribution in [-0.2, 0) is 16.0 Å². The quantitative estimate of drug-likeness (QED) is 0.434. The summed E-state index contributed by atoms with van der Waals surface area (Å²) < 4.78 is 10.1. The van der Waals surface area contributed by atoms with Crippen molar-refractivity contribution in [1.29, 1.82) is 0 Å². The Balaban J connectivity index is 2.02. The Labute approximate surface area is 195 Å². The van der Waals surface area contributed by atoms with Gasteiger partial charge in [0.25, 0.3) is 5.91 Å². The van der Waals surface area contributed by atoms with Crippen LogP contribution in [0.15, 0.2) is 23.6 Å². The number of aromatic nitrogens is 1. The first-order valence-electron chi connectivity index (χ1n) is 9.66. The van der Waals surface area contributed by atoms with Crippen molar-refractivity contribution in [2.45, 2.75) is 19.4 Å². The van der Waals surface area contributed by atoms with Crippen LogP contribution in [0.4, 0.5) is 10.5 Å². The predicted molar refractivity (Wildman–Crippen MR) is 123 cm³/mol. The number of carbonyl (C=O) groups excluding carboxylic acids is 2. The number of methoxy groups -OCH3 is 2. The topological polar surface area (TPSA) is 92.8 Å². The standard InChI is InChI=1S/C20H26Cl2N4O4S/c1-29-9-3-7-23-19(27)17-13-31-18(24-17)12-26(8-4-10-30-2)20(28)25-16-6-5-14(21)11-15(16)22/h5-6,11,13H,3-4,7-10,12H2,1-2H3,(H,23,27)(H,25,28). The lowest BCUT2D eigenvalue weighted by Crippen LogP contribution is -2.35. The van der Waals surface area contributed by atoms with E-state index in [1.54, 1.807) is 42.7 Å². The Morgan fingerprint density at radius 3 is 2.61 bits per heavy atom. The molecule has 0 unspecified atom stereocenters. The van der Waals surface area contributed by atoms with Crippen LogP contribution in [-0.4, -0.2) is 62.3 Å². The molecular weight excluding hydrogens is 463 g/mol. The second-order valence-corrected chi connectivity index (χ2v) is 8.34. The number of carbonyl (C=O) groups is 2. The van der Waals surface area contributed by atoms with Gasteiger partial charge in [0.05, 0.1) is 17.3 Å². The van der Waals surface area contributed by atoms with E-state index in [-0.39, 0.29) is 18.5 Å². The molecule has 31 heavy (non-hydrogen) atoms. The van der Waals surface area contributed by atoms with Crippen LogP contribution in [0.2, 0.25) is 10.0 Å². The highest BCUT2D eigenvalue weighted by Crippen LogP contribution is 2.26. The summed E-state index contributed by atoms with van der Waals surface area (Å²) >= 11 is 13.4. The minimum Gasteiger partial charge on any atom is -0.385 e. The van der Waals surface area contributed by atoms with Crippen molar-refractivity contribution in [2.75, 3.05) is 45.8 Å². The van der Waals surface area contributed by atoms with Gasteiger partial charge in [0.15, 0.2) is 0 Å². The molecule has 1 heterocycles. The van der Waals surface area contributed by atoms with E-state index >= 15 is 0 Å². The molecule has 8 nitrogen and oxygen atoms in total. The maximum absolute atomic E-state index is 12.9. The highest BCUT2D eigenvalue weighted by atomic mass is 35.5. The van der Waals surface area contributed by atoms with E-state index in [1.807, 2.05) is 0 Å². The summed E-state index contributed by atoms with van der Waals surface area (Å²) in [5.41, 5.74) is 0.790. The number of nitrogens with one attached hydrogen (secondary N) is 2. The van der Waals surface area contributed by atoms with Crippen molar-refractivity contribution in [3.63, 3.8) is 0 Å². The van der Waals surface area contributed by atoms with Crippen LogP contribution < -0.4 is 10.6 Å². The smallest absolute Gasteiger partial charge is 0.322 e. The fraction of sp³-hybridized carbons (Fsp3) is 0.450. The number of benzene rings is 1. The molecule has 0 aliphatic carbocycles. The Morgan fingerprint density at radius 2 is 1.90 bits per heavy atom. The number of anilines is 1. The Kier molecular flexibility index (Phi) is 11.0. The highest BCUT2D eigenvalue weighted by molar-refractivity contribution is 7.09. The summed E-state index contributed by atoms with van der Waals surface area (Å²) in [5, 5.41) is 8.76. The first-order chi connectivity index (χ1) is 14.9. The fourth-order valence-electron chi connectivity index (χ4n) is 2.60. The molecule has 1 aromatic heterocycles. The molecule has 170 valence electrons. The number of amides is 3. The van der Waals surface area contributed by atoms with E-state index in [9.17, 15) is 9.59 Å². The van der Waals surface area contributed by atoms with Crippen molar-refractivity contribution in [2.24, 2.45) is 0 Å². The summed E-state index contributed by atoms with van der Waals surface area (Å²) in [5.74, 6) is -0.248. The third-order valence-electron chi connectivity index (χ3n) is 4.16. The van der Waals surface area contributed by atoms with Crippen molar-refractivity contribution < 1.29 is 19.1 Å². The van der Waals surface area contributed by atoms with Gasteiger partial charge in [-0.25, -0.2) is 9.78 Å². The van der Waals surface area contributed by atoms with E-state index in [2.05, 4.69) is 15.6 Å². The molecule has 0 fully saturated rings. The van der Waals surface area contributed by atoms with Gasteiger partial charge in [-0.05, 0) is 31.0 Å². The molecule has 2 aromatic rings. The van der Waals surface area contributed by atoms with Crippen LogP contribution in [0.3, 0.4) is 0 Å². The van der Waals surface area contributed by atoms with Crippen molar-refractivity contribution in [1.82, 2.24) is 15.2 Å². The SMILES string of the molecule is COCCCNC(=O)c1csc(CN(CCCOC)C(=O)Nc2ccc(Cl)cc2Cl)n1. The lowest BCUT2D eigenvalue weighted by molar-refractivity contribution is 0.0944. The monoisotopic (exact) mass is 488 g/mol. The number of ether oxygens (including phenoxy) is 2. The molecular formula is C20H26Cl2N4O4S. The molecule has 0 bridgehead atoms. The molecule has 0 aliphatic heterocycles. The molecule has 2 N–H and O–H groups in total. The summed E-state index contributed by atoms with van der Waals surface area (Å²) in [7, 11) is 3.22. The molecule has 0 radical (unpaired) electrons. The second-order valence-electron chi connectivity index (χ2n) is 6.55. The molecule has 11 heteroatoms. The van der Waals surface area contributed by atoms with Gasteiger partial charge in [-0.1, -0.05) is 23.2 Å². The van der Waals surface area contributed by atoms with Gasteiger partial charge in [-0.3, -0.25) is 4.79 Å². The van der Waals surface area contributed by atoms with Crippen LogP contribution in [0.5, 0.6) is 0 Å². The van der Waals surface area contributed by atoms with E-state index in [0.29, 0.717) is 59.2 Å². The van der Waals surface area contributed by atoms with E-state index < -0.39 is 0 Å². The zero-order chi connectivity index (χ0) is 22.6. The summed E-state index contributed by atoms with van der Waals surface area (Å²) in [6.07, 6.45) is 1.37. The lowest BCUT2D eigenvalue weighted by atomic mass is 10.3. The maximum Gasteiger partial charge on any atom is 0.322 e. The molecule has 0 saturated carbocycles. The average molecular weight is 489 g/mol. The predicted octanol–water partition coefficient (Wildman–Crippen LogP) is 4.29. The minimum atomic E-state index is -0.332. The van der Waals surface area contributed by atoms with Crippen molar-refractivity contribution >= 4 is 52.2 Å². The molecule has 1 aromatic carbocycles. The zero-order valence-electron chi connectivity index (χ0n) is 17.5. The van der Waals surface area contributed by atoms with Crippen LogP contribution in [0, 0.1) is 0 Å². The number of rotatable bonds is 12. The van der Waals surface area contributed by atoms with E-state index in [0.717, 1.165) is 6.42 Å². The molecule has 0 aliphatic rings. The van der Waals surface area contributed by atoms with E-state index in [4.69, 9.17) is 32.7 Å². The largest absolute Gasteiger partial charge is 0.385 e. The van der Waals surface area contributed by atoms with Crippen molar-refractivity contribution in [3.8, 4) is 0 Å². The highest BCUT2D eigenvalue weighted by Gasteiger charge is 2.18. The second kappa shape index (κ2) is 13.5. The number of hydrogen-bond acceptors (Lipinski definition) is 6. The van der Waals surface area contributed by atoms with Gasteiger partial charge >= 0.3 is 6.03 Å². The summed E-state index contributed by atoms with van der Waals surface area (Å²) in [6, 6.07) is 4.52. The number of thiazole rings is 1. The minimum absolute atomic E-state index is 0.248. The van der Waals surface area contributed by atoms with Crippen LogP contribution in [0.25, 0.3) is 0 Å². The fourth-order valence-corrected chi connectivity index (χ4v) is 3.84.